The summed E-state index contributed by atoms with van der Waals surface area (Å²) in [6.45, 7) is 1.54. The molecule has 0 saturated carbocycles. The molecule has 0 aliphatic carbocycles. The highest BCUT2D eigenvalue weighted by molar-refractivity contribution is 7.87. The summed E-state index contributed by atoms with van der Waals surface area (Å²) >= 11 is 0. The van der Waals surface area contributed by atoms with Crippen LogP contribution in [0.1, 0.15) is 18.4 Å². The lowest BCUT2D eigenvalue weighted by Crippen LogP contribution is -2.28. The molecule has 1 rings (SSSR count). The molecule has 0 heterocycles. The molecule has 0 spiro atoms. The van der Waals surface area contributed by atoms with Crippen LogP contribution in [0.15, 0.2) is 24.3 Å². The Balaban J connectivity index is 2.91. The van der Waals surface area contributed by atoms with Crippen LogP contribution in [0.4, 0.5) is 13.2 Å². The van der Waals surface area contributed by atoms with Crippen LogP contribution in [-0.4, -0.2) is 27.0 Å². The summed E-state index contributed by atoms with van der Waals surface area (Å²) in [6.07, 6.45) is 0. The van der Waals surface area contributed by atoms with Crippen LogP contribution in [0, 0.1) is 0 Å². The van der Waals surface area contributed by atoms with Gasteiger partial charge in [0, 0.05) is 0 Å². The number of rotatable bonds is 4. The van der Waals surface area contributed by atoms with Crippen LogP contribution < -0.4 is 4.18 Å². The smallest absolute Gasteiger partial charge is 0.469 e. The fourth-order valence-electron chi connectivity index (χ4n) is 1.30. The van der Waals surface area contributed by atoms with Crippen LogP contribution >= 0.6 is 0 Å². The minimum absolute atomic E-state index is 0.452. The Kier molecular flexibility index (Phi) is 4.64. The van der Waals surface area contributed by atoms with E-state index < -0.39 is 33.3 Å². The van der Waals surface area contributed by atoms with E-state index in [1.807, 2.05) is 0 Å². The first kappa shape index (κ1) is 16.3. The number of alkyl halides is 3. The van der Waals surface area contributed by atoms with Gasteiger partial charge in [-0.2, -0.15) is 21.6 Å². The van der Waals surface area contributed by atoms with Gasteiger partial charge in [0.05, 0.1) is 13.0 Å². The Labute approximate surface area is 113 Å². The summed E-state index contributed by atoms with van der Waals surface area (Å²) < 4.78 is 66.3. The normalized spacial score (nSPS) is 13.7. The number of carbonyl (C=O) groups excluding carboxylic acids is 1. The molecule has 0 amide bonds. The Morgan fingerprint density at radius 3 is 2.10 bits per heavy atom. The number of ether oxygens (including phenoxy) is 1. The van der Waals surface area contributed by atoms with E-state index in [4.69, 9.17) is 0 Å². The van der Waals surface area contributed by atoms with E-state index in [1.54, 1.807) is 0 Å². The van der Waals surface area contributed by atoms with Gasteiger partial charge >= 0.3 is 21.6 Å². The molecule has 0 N–H and O–H groups in total. The van der Waals surface area contributed by atoms with Gasteiger partial charge in [-0.05, 0) is 24.6 Å². The number of benzene rings is 1. The van der Waals surface area contributed by atoms with Crippen LogP contribution in [0.3, 0.4) is 0 Å². The summed E-state index contributed by atoms with van der Waals surface area (Å²) in [5.41, 5.74) is -5.04. The SMILES string of the molecule is COC(=O)[C@H](C)c1ccc(OS(=O)(=O)C(F)(F)F)cc1. The highest BCUT2D eigenvalue weighted by Gasteiger charge is 2.48. The molecule has 0 bridgehead atoms. The largest absolute Gasteiger partial charge is 0.534 e. The number of halogens is 3. The number of hydrogen-bond acceptors (Lipinski definition) is 5. The van der Waals surface area contributed by atoms with Gasteiger partial charge in [-0.25, -0.2) is 0 Å². The highest BCUT2D eigenvalue weighted by Crippen LogP contribution is 2.28. The third-order valence-corrected chi connectivity index (χ3v) is 3.40. The van der Waals surface area contributed by atoms with E-state index >= 15 is 0 Å². The molecule has 0 aromatic heterocycles. The summed E-state index contributed by atoms with van der Waals surface area (Å²) in [5.74, 6) is -1.65. The molecule has 0 unspecified atom stereocenters. The minimum Gasteiger partial charge on any atom is -0.469 e. The van der Waals surface area contributed by atoms with Crippen LogP contribution in [0.2, 0.25) is 0 Å². The van der Waals surface area contributed by atoms with Crippen molar-refractivity contribution in [2.45, 2.75) is 18.3 Å². The van der Waals surface area contributed by atoms with Gasteiger partial charge in [0.25, 0.3) is 0 Å². The van der Waals surface area contributed by atoms with E-state index in [2.05, 4.69) is 8.92 Å². The first-order chi connectivity index (χ1) is 9.08. The van der Waals surface area contributed by atoms with Crippen molar-refractivity contribution < 1.29 is 35.3 Å². The monoisotopic (exact) mass is 312 g/mol. The van der Waals surface area contributed by atoms with Gasteiger partial charge in [-0.1, -0.05) is 12.1 Å². The lowest BCUT2D eigenvalue weighted by molar-refractivity contribution is -0.142. The van der Waals surface area contributed by atoms with Crippen molar-refractivity contribution in [3.8, 4) is 5.75 Å². The van der Waals surface area contributed by atoms with Crippen molar-refractivity contribution in [2.24, 2.45) is 0 Å². The summed E-state index contributed by atoms with van der Waals surface area (Å²) in [6, 6.07) is 4.61. The lowest BCUT2D eigenvalue weighted by atomic mass is 10.0. The van der Waals surface area contributed by atoms with Gasteiger partial charge < -0.3 is 8.92 Å². The number of hydrogen-bond donors (Lipinski definition) is 0. The van der Waals surface area contributed by atoms with Gasteiger partial charge in [0.2, 0.25) is 0 Å². The quantitative estimate of drug-likeness (QED) is 0.484. The Bertz CT molecular complexity index is 577. The zero-order valence-electron chi connectivity index (χ0n) is 10.5. The number of esters is 1. The maximum Gasteiger partial charge on any atom is 0.534 e. The molecule has 0 saturated heterocycles. The van der Waals surface area contributed by atoms with Crippen molar-refractivity contribution in [1.82, 2.24) is 0 Å². The zero-order chi connectivity index (χ0) is 15.6. The van der Waals surface area contributed by atoms with E-state index in [0.717, 1.165) is 12.1 Å². The Hall–Kier alpha value is -1.77. The van der Waals surface area contributed by atoms with E-state index in [0.29, 0.717) is 5.56 Å². The molecule has 0 aliphatic rings. The molecule has 9 heteroatoms. The number of carbonyl (C=O) groups is 1. The van der Waals surface area contributed by atoms with Gasteiger partial charge in [-0.15, -0.1) is 0 Å². The lowest BCUT2D eigenvalue weighted by Gasteiger charge is -2.11. The van der Waals surface area contributed by atoms with Crippen molar-refractivity contribution in [2.75, 3.05) is 7.11 Å². The van der Waals surface area contributed by atoms with E-state index in [1.165, 1.54) is 26.2 Å². The molecular weight excluding hydrogens is 301 g/mol. The van der Waals surface area contributed by atoms with E-state index in [-0.39, 0.29) is 0 Å². The van der Waals surface area contributed by atoms with Crippen LogP contribution in [-0.2, 0) is 19.6 Å². The second kappa shape index (κ2) is 5.70. The molecule has 0 radical (unpaired) electrons. The highest BCUT2D eigenvalue weighted by atomic mass is 32.2. The molecular formula is C11H11F3O5S. The first-order valence-electron chi connectivity index (χ1n) is 5.27. The van der Waals surface area contributed by atoms with Crippen LogP contribution in [0.5, 0.6) is 5.75 Å². The molecule has 20 heavy (non-hydrogen) atoms. The minimum atomic E-state index is -5.70. The molecule has 0 fully saturated rings. The third kappa shape index (κ3) is 3.62. The third-order valence-electron chi connectivity index (χ3n) is 2.42. The second-order valence-electron chi connectivity index (χ2n) is 3.80. The van der Waals surface area contributed by atoms with Gasteiger partial charge in [-0.3, -0.25) is 4.79 Å². The fourth-order valence-corrected chi connectivity index (χ4v) is 1.76. The summed E-state index contributed by atoms with van der Waals surface area (Å²) in [5, 5.41) is 0. The van der Waals surface area contributed by atoms with Gasteiger partial charge in [0.1, 0.15) is 5.75 Å². The van der Waals surface area contributed by atoms with Gasteiger partial charge in [0.15, 0.2) is 0 Å². The molecule has 5 nitrogen and oxygen atoms in total. The average Bonchev–Trinajstić information content (AvgIpc) is 2.36. The summed E-state index contributed by atoms with van der Waals surface area (Å²) in [7, 11) is -4.50. The average molecular weight is 312 g/mol. The molecule has 1 aromatic rings. The Morgan fingerprint density at radius 2 is 1.70 bits per heavy atom. The molecule has 1 aromatic carbocycles. The van der Waals surface area contributed by atoms with Crippen LogP contribution in [0.25, 0.3) is 0 Å². The maximum atomic E-state index is 12.1. The van der Waals surface area contributed by atoms with E-state index in [9.17, 15) is 26.4 Å². The second-order valence-corrected chi connectivity index (χ2v) is 5.33. The topological polar surface area (TPSA) is 69.7 Å². The van der Waals surface area contributed by atoms with Crippen molar-refractivity contribution in [3.05, 3.63) is 29.8 Å². The summed E-state index contributed by atoms with van der Waals surface area (Å²) in [4.78, 5) is 11.3. The predicted octanol–water partition coefficient (Wildman–Crippen LogP) is 2.19. The molecule has 112 valence electrons. The Morgan fingerprint density at radius 1 is 1.20 bits per heavy atom. The van der Waals surface area contributed by atoms with Crippen molar-refractivity contribution >= 4 is 16.1 Å². The standard InChI is InChI=1S/C11H11F3O5S/c1-7(10(15)18-2)8-3-5-9(6-4-8)19-20(16,17)11(12,13)14/h3-7H,1-2H3/t7-/m1/s1. The van der Waals surface area contributed by atoms with Crippen molar-refractivity contribution in [3.63, 3.8) is 0 Å². The first-order valence-corrected chi connectivity index (χ1v) is 6.68. The van der Waals surface area contributed by atoms with Crippen molar-refractivity contribution in [1.29, 1.82) is 0 Å². The molecule has 0 aliphatic heterocycles. The fraction of sp³-hybridized carbons (Fsp3) is 0.364. The number of methoxy groups -OCH3 is 1. The predicted molar refractivity (Wildman–Crippen MR) is 62.5 cm³/mol. The zero-order valence-corrected chi connectivity index (χ0v) is 11.3. The maximum absolute atomic E-state index is 12.1. The molecule has 1 atom stereocenters.